The van der Waals surface area contributed by atoms with E-state index in [1.54, 1.807) is 6.92 Å². The molecular formula is C15H29NO3. The third-order valence-electron chi connectivity index (χ3n) is 5.19. The molecule has 4 nitrogen and oxygen atoms in total. The highest BCUT2D eigenvalue weighted by Crippen LogP contribution is 2.47. The molecule has 2 atom stereocenters. The van der Waals surface area contributed by atoms with Crippen LogP contribution in [0.5, 0.6) is 0 Å². The molecule has 0 aromatic heterocycles. The molecule has 0 spiro atoms. The fourth-order valence-electron chi connectivity index (χ4n) is 2.97. The second kappa shape index (κ2) is 5.80. The Labute approximate surface area is 116 Å². The summed E-state index contributed by atoms with van der Waals surface area (Å²) in [6, 6.07) is 0. The van der Waals surface area contributed by atoms with Gasteiger partial charge < -0.3 is 15.1 Å². The predicted molar refractivity (Wildman–Crippen MR) is 76.0 cm³/mol. The summed E-state index contributed by atoms with van der Waals surface area (Å²) in [5, 5.41) is 19.0. The lowest BCUT2D eigenvalue weighted by Crippen LogP contribution is -2.51. The van der Waals surface area contributed by atoms with Crippen molar-refractivity contribution in [1.82, 2.24) is 4.90 Å². The number of nitrogens with zero attached hydrogens (tertiary/aromatic N) is 1. The highest BCUT2D eigenvalue weighted by Gasteiger charge is 2.48. The Morgan fingerprint density at radius 1 is 1.37 bits per heavy atom. The van der Waals surface area contributed by atoms with E-state index in [1.165, 1.54) is 0 Å². The van der Waals surface area contributed by atoms with E-state index in [0.717, 1.165) is 25.9 Å². The second-order valence-electron chi connectivity index (χ2n) is 7.10. The van der Waals surface area contributed by atoms with Gasteiger partial charge in [-0.05, 0) is 51.5 Å². The molecule has 0 bridgehead atoms. The van der Waals surface area contributed by atoms with Crippen LogP contribution in [0.4, 0.5) is 0 Å². The number of carbonyl (C=O) groups is 1. The molecule has 0 aromatic carbocycles. The van der Waals surface area contributed by atoms with Crippen molar-refractivity contribution in [2.45, 2.75) is 53.6 Å². The Hall–Kier alpha value is -0.610. The lowest BCUT2D eigenvalue weighted by molar-refractivity contribution is -0.158. The molecule has 1 saturated heterocycles. The van der Waals surface area contributed by atoms with Crippen LogP contribution in [0.3, 0.4) is 0 Å². The first-order valence-corrected chi connectivity index (χ1v) is 7.23. The van der Waals surface area contributed by atoms with Crippen molar-refractivity contribution >= 4 is 5.97 Å². The zero-order chi connectivity index (χ0) is 14.8. The van der Waals surface area contributed by atoms with Gasteiger partial charge >= 0.3 is 5.97 Å². The number of piperidine rings is 1. The number of aliphatic carboxylic acids is 1. The first kappa shape index (κ1) is 16.4. The first-order valence-electron chi connectivity index (χ1n) is 7.23. The lowest BCUT2D eigenvalue weighted by atomic mass is 9.59. The van der Waals surface area contributed by atoms with Gasteiger partial charge in [-0.2, -0.15) is 0 Å². The molecule has 0 amide bonds. The Morgan fingerprint density at radius 3 is 2.42 bits per heavy atom. The average molecular weight is 271 g/mol. The molecule has 1 rings (SSSR count). The van der Waals surface area contributed by atoms with Gasteiger partial charge in [0.25, 0.3) is 0 Å². The summed E-state index contributed by atoms with van der Waals surface area (Å²) in [6.07, 6.45) is 1.82. The van der Waals surface area contributed by atoms with Crippen molar-refractivity contribution in [3.05, 3.63) is 0 Å². The molecule has 1 aliphatic heterocycles. The largest absolute Gasteiger partial charge is 0.481 e. The molecule has 2 N–H and O–H groups in total. The van der Waals surface area contributed by atoms with E-state index >= 15 is 0 Å². The zero-order valence-corrected chi connectivity index (χ0v) is 12.9. The van der Waals surface area contributed by atoms with E-state index in [-0.39, 0.29) is 11.5 Å². The lowest BCUT2D eigenvalue weighted by Gasteiger charge is -2.48. The SMILES string of the molecule is CC(O)CN1CCCC(C(C)(C)C(C)(C)C(=O)O)C1. The van der Waals surface area contributed by atoms with Crippen LogP contribution < -0.4 is 0 Å². The summed E-state index contributed by atoms with van der Waals surface area (Å²) >= 11 is 0. The maximum atomic E-state index is 11.5. The quantitative estimate of drug-likeness (QED) is 0.805. The van der Waals surface area contributed by atoms with Gasteiger partial charge in [-0.15, -0.1) is 0 Å². The van der Waals surface area contributed by atoms with Crippen LogP contribution in [0.15, 0.2) is 0 Å². The van der Waals surface area contributed by atoms with Crippen molar-refractivity contribution in [2.75, 3.05) is 19.6 Å². The Balaban J connectivity index is 2.80. The molecule has 4 heteroatoms. The molecule has 0 saturated carbocycles. The number of carboxylic acids is 1. The van der Waals surface area contributed by atoms with Crippen LogP contribution >= 0.6 is 0 Å². The van der Waals surface area contributed by atoms with E-state index in [2.05, 4.69) is 18.7 Å². The molecule has 2 unspecified atom stereocenters. The fraction of sp³-hybridized carbons (Fsp3) is 0.933. The summed E-state index contributed by atoms with van der Waals surface area (Å²) < 4.78 is 0. The smallest absolute Gasteiger partial charge is 0.309 e. The number of rotatable bonds is 5. The maximum Gasteiger partial charge on any atom is 0.309 e. The summed E-state index contributed by atoms with van der Waals surface area (Å²) in [7, 11) is 0. The van der Waals surface area contributed by atoms with E-state index < -0.39 is 11.4 Å². The Bertz CT molecular complexity index is 323. The number of carboxylic acid groups (broad SMARTS) is 1. The summed E-state index contributed by atoms with van der Waals surface area (Å²) in [6.45, 7) is 12.1. The van der Waals surface area contributed by atoms with Crippen molar-refractivity contribution in [1.29, 1.82) is 0 Å². The summed E-state index contributed by atoms with van der Waals surface area (Å²) in [5.74, 6) is -0.378. The fourth-order valence-corrected chi connectivity index (χ4v) is 2.97. The van der Waals surface area contributed by atoms with Gasteiger partial charge in [-0.3, -0.25) is 4.79 Å². The Morgan fingerprint density at radius 2 is 1.95 bits per heavy atom. The van der Waals surface area contributed by atoms with E-state index in [9.17, 15) is 15.0 Å². The predicted octanol–water partition coefficient (Wildman–Crippen LogP) is 2.22. The third kappa shape index (κ3) is 3.48. The van der Waals surface area contributed by atoms with E-state index in [1.807, 2.05) is 13.8 Å². The highest BCUT2D eigenvalue weighted by molar-refractivity contribution is 5.74. The number of likely N-dealkylation sites (tertiary alicyclic amines) is 1. The molecule has 1 heterocycles. The first-order chi connectivity index (χ1) is 8.59. The van der Waals surface area contributed by atoms with Crippen LogP contribution in [-0.2, 0) is 4.79 Å². The minimum Gasteiger partial charge on any atom is -0.481 e. The molecule has 112 valence electrons. The van der Waals surface area contributed by atoms with Crippen molar-refractivity contribution in [2.24, 2.45) is 16.7 Å². The molecule has 1 aliphatic rings. The minimum absolute atomic E-state index is 0.268. The molecule has 0 radical (unpaired) electrons. The number of aliphatic hydroxyl groups is 1. The third-order valence-corrected chi connectivity index (χ3v) is 5.19. The molecule has 0 aliphatic carbocycles. The summed E-state index contributed by atoms with van der Waals surface area (Å²) in [4.78, 5) is 13.8. The normalized spacial score (nSPS) is 24.2. The zero-order valence-electron chi connectivity index (χ0n) is 12.9. The number of β-amino-alcohol motifs (C(OH)–C–C–N with tert-alkyl or cyclic N) is 1. The van der Waals surface area contributed by atoms with E-state index in [4.69, 9.17) is 0 Å². The van der Waals surface area contributed by atoms with Crippen molar-refractivity contribution < 1.29 is 15.0 Å². The van der Waals surface area contributed by atoms with Gasteiger partial charge in [0, 0.05) is 13.1 Å². The van der Waals surface area contributed by atoms with Crippen LogP contribution in [0, 0.1) is 16.7 Å². The number of hydrogen-bond acceptors (Lipinski definition) is 3. The van der Waals surface area contributed by atoms with Crippen molar-refractivity contribution in [3.63, 3.8) is 0 Å². The van der Waals surface area contributed by atoms with Gasteiger partial charge in [0.15, 0.2) is 0 Å². The topological polar surface area (TPSA) is 60.8 Å². The van der Waals surface area contributed by atoms with E-state index in [0.29, 0.717) is 12.5 Å². The van der Waals surface area contributed by atoms with Gasteiger partial charge in [0.2, 0.25) is 0 Å². The van der Waals surface area contributed by atoms with Crippen LogP contribution in [0.25, 0.3) is 0 Å². The monoisotopic (exact) mass is 271 g/mol. The minimum atomic E-state index is -0.745. The number of hydrogen-bond donors (Lipinski definition) is 2. The van der Waals surface area contributed by atoms with Gasteiger partial charge in [-0.25, -0.2) is 0 Å². The number of aliphatic hydroxyl groups excluding tert-OH is 1. The highest BCUT2D eigenvalue weighted by atomic mass is 16.4. The molecule has 1 fully saturated rings. The van der Waals surface area contributed by atoms with Crippen LogP contribution in [-0.4, -0.2) is 46.8 Å². The van der Waals surface area contributed by atoms with Gasteiger partial charge in [0.05, 0.1) is 11.5 Å². The standard InChI is InChI=1S/C15H29NO3/c1-11(17)9-16-8-6-7-12(10-16)14(2,3)15(4,5)13(18)19/h11-12,17H,6-10H2,1-5H3,(H,18,19). The maximum absolute atomic E-state index is 11.5. The molecular weight excluding hydrogens is 242 g/mol. The van der Waals surface area contributed by atoms with Crippen LogP contribution in [0.2, 0.25) is 0 Å². The summed E-state index contributed by atoms with van der Waals surface area (Å²) in [5.41, 5.74) is -1.01. The second-order valence-corrected chi connectivity index (χ2v) is 7.10. The molecule has 0 aromatic rings. The van der Waals surface area contributed by atoms with Crippen molar-refractivity contribution in [3.8, 4) is 0 Å². The average Bonchev–Trinajstić information content (AvgIpc) is 2.27. The Kier molecular flexibility index (Phi) is 5.02. The van der Waals surface area contributed by atoms with Gasteiger partial charge in [0.1, 0.15) is 0 Å². The molecule has 19 heavy (non-hydrogen) atoms. The van der Waals surface area contributed by atoms with Crippen LogP contribution in [0.1, 0.15) is 47.5 Å². The van der Waals surface area contributed by atoms with Gasteiger partial charge in [-0.1, -0.05) is 13.8 Å².